The van der Waals surface area contributed by atoms with E-state index in [-0.39, 0.29) is 12.5 Å². The molecule has 7 heteroatoms. The van der Waals surface area contributed by atoms with Gasteiger partial charge in [0.15, 0.2) is 0 Å². The molecule has 4 N–H and O–H groups in total. The van der Waals surface area contributed by atoms with Crippen LogP contribution in [-0.2, 0) is 14.4 Å². The molecule has 0 saturated carbocycles. The highest BCUT2D eigenvalue weighted by Crippen LogP contribution is 2.01. The van der Waals surface area contributed by atoms with Crippen LogP contribution in [-0.4, -0.2) is 53.5 Å². The van der Waals surface area contributed by atoms with Gasteiger partial charge in [0.1, 0.15) is 0 Å². The maximum Gasteiger partial charge on any atom is 0.305 e. The van der Waals surface area contributed by atoms with Crippen LogP contribution in [0.5, 0.6) is 0 Å². The van der Waals surface area contributed by atoms with Gasteiger partial charge in [-0.25, -0.2) is 0 Å². The molecule has 2 amide bonds. The molecule has 1 aliphatic heterocycles. The van der Waals surface area contributed by atoms with Gasteiger partial charge in [0.05, 0.1) is 19.0 Å². The molecule has 0 bridgehead atoms. The molecule has 0 aliphatic carbocycles. The fourth-order valence-corrected chi connectivity index (χ4v) is 1.50. The lowest BCUT2D eigenvalue weighted by Crippen LogP contribution is -2.47. The van der Waals surface area contributed by atoms with Crippen molar-refractivity contribution in [1.82, 2.24) is 10.2 Å². The molecule has 16 heavy (non-hydrogen) atoms. The Hall–Kier alpha value is -1.63. The highest BCUT2D eigenvalue weighted by molar-refractivity contribution is 5.89. The second kappa shape index (κ2) is 5.45. The van der Waals surface area contributed by atoms with Crippen molar-refractivity contribution in [1.29, 1.82) is 0 Å². The van der Waals surface area contributed by atoms with E-state index in [0.29, 0.717) is 19.5 Å². The van der Waals surface area contributed by atoms with Gasteiger partial charge < -0.3 is 21.1 Å². The van der Waals surface area contributed by atoms with Crippen molar-refractivity contribution in [2.75, 3.05) is 19.6 Å². The van der Waals surface area contributed by atoms with Crippen LogP contribution in [0.15, 0.2) is 0 Å². The number of nitrogens with one attached hydrogen (secondary N) is 1. The average Bonchev–Trinajstić information content (AvgIpc) is 2.40. The number of carbonyl (C=O) groups excluding carboxylic acids is 2. The molecule has 1 fully saturated rings. The molecule has 90 valence electrons. The van der Waals surface area contributed by atoms with E-state index in [1.807, 2.05) is 0 Å². The third kappa shape index (κ3) is 3.50. The number of rotatable bonds is 3. The summed E-state index contributed by atoms with van der Waals surface area (Å²) in [5.41, 5.74) is 5.44. The van der Waals surface area contributed by atoms with Gasteiger partial charge >= 0.3 is 5.97 Å². The summed E-state index contributed by atoms with van der Waals surface area (Å²) in [5, 5.41) is 11.1. The number of carbonyl (C=O) groups is 3. The van der Waals surface area contributed by atoms with Crippen LogP contribution < -0.4 is 11.1 Å². The molecule has 0 radical (unpaired) electrons. The number of hydrogen-bond donors (Lipinski definition) is 3. The Labute approximate surface area is 92.6 Å². The van der Waals surface area contributed by atoms with Crippen molar-refractivity contribution in [3.8, 4) is 0 Å². The Kier molecular flexibility index (Phi) is 4.24. The van der Waals surface area contributed by atoms with Crippen LogP contribution in [0.4, 0.5) is 0 Å². The predicted molar refractivity (Wildman–Crippen MR) is 54.4 cm³/mol. The minimum atomic E-state index is -1.12. The first-order chi connectivity index (χ1) is 7.50. The van der Waals surface area contributed by atoms with Crippen molar-refractivity contribution >= 4 is 17.8 Å². The first-order valence-corrected chi connectivity index (χ1v) is 5.03. The third-order valence-corrected chi connectivity index (χ3v) is 2.28. The number of amides is 2. The second-order valence-corrected chi connectivity index (χ2v) is 3.67. The topological polar surface area (TPSA) is 113 Å². The van der Waals surface area contributed by atoms with Crippen molar-refractivity contribution in [2.45, 2.75) is 18.9 Å². The van der Waals surface area contributed by atoms with Crippen LogP contribution >= 0.6 is 0 Å². The van der Waals surface area contributed by atoms with Crippen LogP contribution in [0.25, 0.3) is 0 Å². The summed E-state index contributed by atoms with van der Waals surface area (Å²) < 4.78 is 0. The van der Waals surface area contributed by atoms with Crippen LogP contribution in [0.2, 0.25) is 0 Å². The molecule has 1 aliphatic rings. The minimum absolute atomic E-state index is 0.0495. The highest BCUT2D eigenvalue weighted by atomic mass is 16.4. The standard InChI is InChI=1S/C9H15N3O4/c10-6(4-8(14)15)9(16)12-3-1-2-11-7(13)5-12/h6H,1-5,10H2,(H,11,13)(H,14,15). The van der Waals surface area contributed by atoms with E-state index in [2.05, 4.69) is 5.32 Å². The molecule has 1 heterocycles. The third-order valence-electron chi connectivity index (χ3n) is 2.28. The minimum Gasteiger partial charge on any atom is -0.481 e. The summed E-state index contributed by atoms with van der Waals surface area (Å²) in [6.45, 7) is 0.897. The van der Waals surface area contributed by atoms with Crippen molar-refractivity contribution < 1.29 is 19.5 Å². The van der Waals surface area contributed by atoms with Gasteiger partial charge in [-0.05, 0) is 6.42 Å². The number of carboxylic acids is 1. The summed E-state index contributed by atoms with van der Waals surface area (Å²) in [6.07, 6.45) is 0.230. The van der Waals surface area contributed by atoms with Crippen molar-refractivity contribution in [2.24, 2.45) is 5.73 Å². The van der Waals surface area contributed by atoms with E-state index in [4.69, 9.17) is 10.8 Å². The molecule has 0 aromatic heterocycles. The van der Waals surface area contributed by atoms with Crippen molar-refractivity contribution in [3.05, 3.63) is 0 Å². The Morgan fingerprint density at radius 3 is 2.88 bits per heavy atom. The van der Waals surface area contributed by atoms with Gasteiger partial charge in [0.25, 0.3) is 0 Å². The summed E-state index contributed by atoms with van der Waals surface area (Å²) in [4.78, 5) is 34.6. The molecule has 0 aromatic rings. The Bertz CT molecular complexity index is 305. The van der Waals surface area contributed by atoms with E-state index < -0.39 is 24.3 Å². The van der Waals surface area contributed by atoms with Crippen LogP contribution in [0.3, 0.4) is 0 Å². The van der Waals surface area contributed by atoms with E-state index >= 15 is 0 Å². The number of nitrogens with two attached hydrogens (primary N) is 1. The molecule has 7 nitrogen and oxygen atoms in total. The lowest BCUT2D eigenvalue weighted by molar-refractivity contribution is -0.142. The Morgan fingerprint density at radius 1 is 1.56 bits per heavy atom. The first kappa shape index (κ1) is 12.4. The van der Waals surface area contributed by atoms with Crippen LogP contribution in [0, 0.1) is 0 Å². The maximum absolute atomic E-state index is 11.7. The number of aliphatic carboxylic acids is 1. The molecule has 1 rings (SSSR count). The fourth-order valence-electron chi connectivity index (χ4n) is 1.50. The van der Waals surface area contributed by atoms with E-state index in [1.54, 1.807) is 0 Å². The average molecular weight is 229 g/mol. The smallest absolute Gasteiger partial charge is 0.305 e. The van der Waals surface area contributed by atoms with Gasteiger partial charge in [-0.1, -0.05) is 0 Å². The molecule has 1 atom stereocenters. The molecule has 1 saturated heterocycles. The maximum atomic E-state index is 11.7. The van der Waals surface area contributed by atoms with Gasteiger partial charge in [-0.3, -0.25) is 14.4 Å². The molecular formula is C9H15N3O4. The first-order valence-electron chi connectivity index (χ1n) is 5.03. The van der Waals surface area contributed by atoms with Gasteiger partial charge in [-0.2, -0.15) is 0 Å². The molecular weight excluding hydrogens is 214 g/mol. The summed E-state index contributed by atoms with van der Waals surface area (Å²) in [5.74, 6) is -1.85. The lowest BCUT2D eigenvalue weighted by Gasteiger charge is -2.21. The summed E-state index contributed by atoms with van der Waals surface area (Å²) in [6, 6.07) is -1.08. The predicted octanol–water partition coefficient (Wildman–Crippen LogP) is -1.86. The van der Waals surface area contributed by atoms with E-state index in [1.165, 1.54) is 4.90 Å². The Balaban J connectivity index is 2.57. The number of nitrogens with zero attached hydrogens (tertiary/aromatic N) is 1. The monoisotopic (exact) mass is 229 g/mol. The van der Waals surface area contributed by atoms with Crippen molar-refractivity contribution in [3.63, 3.8) is 0 Å². The van der Waals surface area contributed by atoms with Gasteiger partial charge in [0, 0.05) is 13.1 Å². The number of carboxylic acid groups (broad SMARTS) is 1. The normalized spacial score (nSPS) is 18.6. The van der Waals surface area contributed by atoms with Gasteiger partial charge in [0.2, 0.25) is 11.8 Å². The fraction of sp³-hybridized carbons (Fsp3) is 0.667. The quantitative estimate of drug-likeness (QED) is 0.525. The largest absolute Gasteiger partial charge is 0.481 e. The molecule has 0 spiro atoms. The highest BCUT2D eigenvalue weighted by Gasteiger charge is 2.25. The number of hydrogen-bond acceptors (Lipinski definition) is 4. The van der Waals surface area contributed by atoms with Gasteiger partial charge in [-0.15, -0.1) is 0 Å². The zero-order chi connectivity index (χ0) is 12.1. The molecule has 0 aromatic carbocycles. The Morgan fingerprint density at radius 2 is 2.25 bits per heavy atom. The second-order valence-electron chi connectivity index (χ2n) is 3.67. The zero-order valence-corrected chi connectivity index (χ0v) is 8.81. The SMILES string of the molecule is NC(CC(=O)O)C(=O)N1CCCNC(=O)C1. The molecule has 1 unspecified atom stereocenters. The summed E-state index contributed by atoms with van der Waals surface area (Å²) in [7, 11) is 0. The zero-order valence-electron chi connectivity index (χ0n) is 8.81. The summed E-state index contributed by atoms with van der Waals surface area (Å²) >= 11 is 0. The van der Waals surface area contributed by atoms with Crippen LogP contribution in [0.1, 0.15) is 12.8 Å². The van der Waals surface area contributed by atoms with E-state index in [0.717, 1.165) is 0 Å². The van der Waals surface area contributed by atoms with E-state index in [9.17, 15) is 14.4 Å². The lowest BCUT2D eigenvalue weighted by atomic mass is 10.2.